The number of anilines is 1. The number of piperidine rings is 1. The van der Waals surface area contributed by atoms with Crippen LogP contribution in [0.15, 0.2) is 30.6 Å². The van der Waals surface area contributed by atoms with Crippen LogP contribution in [0.1, 0.15) is 36.0 Å². The highest BCUT2D eigenvalue weighted by molar-refractivity contribution is 5.95. The number of carbonyl (C=O) groups is 1. The van der Waals surface area contributed by atoms with Gasteiger partial charge in [0.1, 0.15) is 17.5 Å². The molecule has 1 aliphatic heterocycles. The molecule has 0 unspecified atom stereocenters. The van der Waals surface area contributed by atoms with Gasteiger partial charge in [-0.1, -0.05) is 0 Å². The Bertz CT molecular complexity index is 1160. The smallest absolute Gasteiger partial charge is 0.251 e. The third-order valence-electron chi connectivity index (χ3n) is 6.11. The van der Waals surface area contributed by atoms with Gasteiger partial charge in [0.15, 0.2) is 17.5 Å². The van der Waals surface area contributed by atoms with Crippen molar-refractivity contribution in [3.05, 3.63) is 47.8 Å². The molecule has 168 valence electrons. The molecular formula is C22H23F3N6O. The lowest BCUT2D eigenvalue weighted by molar-refractivity contribution is 0.0917. The third kappa shape index (κ3) is 3.90. The van der Waals surface area contributed by atoms with Crippen molar-refractivity contribution in [2.45, 2.75) is 43.9 Å². The zero-order valence-corrected chi connectivity index (χ0v) is 17.2. The lowest BCUT2D eigenvalue weighted by Gasteiger charge is -2.28. The molecule has 2 atom stereocenters. The topological polar surface area (TPSA) is 83.4 Å². The quantitative estimate of drug-likeness (QED) is 0.564. The number of carbonyl (C=O) groups excluding carboxylic acids is 1. The first-order valence-corrected chi connectivity index (χ1v) is 10.8. The molecule has 0 radical (unpaired) electrons. The molecule has 2 aliphatic rings. The van der Waals surface area contributed by atoms with Crippen molar-refractivity contribution in [3.8, 4) is 11.4 Å². The van der Waals surface area contributed by atoms with Gasteiger partial charge >= 0.3 is 0 Å². The molecule has 3 aromatic rings. The van der Waals surface area contributed by atoms with E-state index in [1.807, 2.05) is 0 Å². The Balaban J connectivity index is 1.44. The second-order valence-electron chi connectivity index (χ2n) is 8.30. The van der Waals surface area contributed by atoms with Crippen molar-refractivity contribution < 1.29 is 18.0 Å². The molecule has 0 aromatic carbocycles. The maximum Gasteiger partial charge on any atom is 0.251 e. The van der Waals surface area contributed by atoms with Crippen LogP contribution in [0.25, 0.3) is 17.0 Å². The van der Waals surface area contributed by atoms with E-state index in [2.05, 4.69) is 25.9 Å². The standard InChI is InChI=1S/C22H23F3N6O/c23-14-4-6-26-10-17(14)29-21-16(25)9-15(24)20(30-21)18-11-27-19-8-12(5-7-31(18)19)22(32)28-13-2-1-3-13/h5,7-9,11,13-14,17,26H,1-4,6,10H2,(H,28,32)(H,29,30)/t14-,17-/m1/s1. The average molecular weight is 444 g/mol. The van der Waals surface area contributed by atoms with E-state index in [4.69, 9.17) is 0 Å². The molecule has 0 spiro atoms. The third-order valence-corrected chi connectivity index (χ3v) is 6.11. The predicted octanol–water partition coefficient (Wildman–Crippen LogP) is 3.07. The fourth-order valence-electron chi connectivity index (χ4n) is 4.01. The van der Waals surface area contributed by atoms with E-state index < -0.39 is 23.8 Å². The van der Waals surface area contributed by atoms with Gasteiger partial charge in [0.25, 0.3) is 5.91 Å². The highest BCUT2D eigenvalue weighted by atomic mass is 19.1. The Kier molecular flexibility index (Phi) is 5.46. The predicted molar refractivity (Wildman–Crippen MR) is 113 cm³/mol. The number of imidazole rings is 1. The molecule has 3 aromatic heterocycles. The maximum absolute atomic E-state index is 14.7. The van der Waals surface area contributed by atoms with Crippen molar-refractivity contribution in [1.82, 2.24) is 25.0 Å². The Morgan fingerprint density at radius 3 is 2.78 bits per heavy atom. The van der Waals surface area contributed by atoms with Crippen LogP contribution in [0, 0.1) is 11.6 Å². The van der Waals surface area contributed by atoms with E-state index in [0.29, 0.717) is 36.4 Å². The summed E-state index contributed by atoms with van der Waals surface area (Å²) in [5.74, 6) is -2.15. The van der Waals surface area contributed by atoms with Gasteiger partial charge in [-0.3, -0.25) is 9.20 Å². The molecule has 4 heterocycles. The number of halogens is 3. The van der Waals surface area contributed by atoms with E-state index in [1.165, 1.54) is 6.20 Å². The Morgan fingerprint density at radius 2 is 2.03 bits per heavy atom. The van der Waals surface area contributed by atoms with Crippen molar-refractivity contribution in [3.63, 3.8) is 0 Å². The van der Waals surface area contributed by atoms with Crippen LogP contribution < -0.4 is 16.0 Å². The Hall–Kier alpha value is -3.14. The summed E-state index contributed by atoms with van der Waals surface area (Å²) >= 11 is 0. The summed E-state index contributed by atoms with van der Waals surface area (Å²) in [5, 5.41) is 8.77. The summed E-state index contributed by atoms with van der Waals surface area (Å²) in [4.78, 5) is 20.8. The molecule has 3 N–H and O–H groups in total. The molecule has 7 nitrogen and oxygen atoms in total. The maximum atomic E-state index is 14.7. The number of aromatic nitrogens is 3. The zero-order chi connectivity index (χ0) is 22.2. The molecule has 1 saturated carbocycles. The monoisotopic (exact) mass is 444 g/mol. The number of hydrogen-bond donors (Lipinski definition) is 3. The van der Waals surface area contributed by atoms with Crippen LogP contribution in [0.5, 0.6) is 0 Å². The largest absolute Gasteiger partial charge is 0.361 e. The minimum atomic E-state index is -1.16. The summed E-state index contributed by atoms with van der Waals surface area (Å²) in [6.07, 6.45) is 5.23. The zero-order valence-electron chi connectivity index (χ0n) is 17.2. The Morgan fingerprint density at radius 1 is 1.19 bits per heavy atom. The van der Waals surface area contributed by atoms with Crippen LogP contribution in [0.3, 0.4) is 0 Å². The lowest BCUT2D eigenvalue weighted by Crippen LogP contribution is -2.46. The van der Waals surface area contributed by atoms with E-state index in [0.717, 1.165) is 25.3 Å². The second-order valence-corrected chi connectivity index (χ2v) is 8.30. The van der Waals surface area contributed by atoms with E-state index >= 15 is 0 Å². The van der Waals surface area contributed by atoms with Crippen molar-refractivity contribution in [2.75, 3.05) is 18.4 Å². The van der Waals surface area contributed by atoms with Crippen LogP contribution >= 0.6 is 0 Å². The normalized spacial score (nSPS) is 21.3. The van der Waals surface area contributed by atoms with Gasteiger partial charge in [-0.15, -0.1) is 0 Å². The molecular weight excluding hydrogens is 421 g/mol. The van der Waals surface area contributed by atoms with E-state index in [1.54, 1.807) is 22.7 Å². The fourth-order valence-corrected chi connectivity index (χ4v) is 4.01. The molecule has 32 heavy (non-hydrogen) atoms. The number of amides is 1. The van der Waals surface area contributed by atoms with E-state index in [-0.39, 0.29) is 23.5 Å². The first-order valence-electron chi connectivity index (χ1n) is 10.8. The molecule has 1 saturated heterocycles. The Labute approximate surface area is 182 Å². The van der Waals surface area contributed by atoms with Crippen molar-refractivity contribution in [1.29, 1.82) is 0 Å². The summed E-state index contributed by atoms with van der Waals surface area (Å²) < 4.78 is 44.8. The molecule has 2 fully saturated rings. The summed E-state index contributed by atoms with van der Waals surface area (Å²) in [5.41, 5.74) is 1.06. The van der Waals surface area contributed by atoms with Gasteiger partial charge < -0.3 is 16.0 Å². The second kappa shape index (κ2) is 8.42. The van der Waals surface area contributed by atoms with Gasteiger partial charge in [-0.25, -0.2) is 23.1 Å². The van der Waals surface area contributed by atoms with Gasteiger partial charge in [-0.2, -0.15) is 0 Å². The first-order chi connectivity index (χ1) is 15.5. The minimum Gasteiger partial charge on any atom is -0.361 e. The number of nitrogens with one attached hydrogen (secondary N) is 3. The van der Waals surface area contributed by atoms with Gasteiger partial charge in [-0.05, 0) is 44.4 Å². The molecule has 10 heteroatoms. The minimum absolute atomic E-state index is 0.118. The SMILES string of the molecule is O=C(NC1CCC1)c1ccn2c(-c3nc(N[C@@H]4CNCC[C@H]4F)c(F)cc3F)cnc2c1. The summed E-state index contributed by atoms with van der Waals surface area (Å²) in [7, 11) is 0. The molecule has 1 aliphatic carbocycles. The summed E-state index contributed by atoms with van der Waals surface area (Å²) in [6.45, 7) is 0.864. The lowest BCUT2D eigenvalue weighted by atomic mass is 9.93. The van der Waals surface area contributed by atoms with Gasteiger partial charge in [0, 0.05) is 30.4 Å². The van der Waals surface area contributed by atoms with E-state index in [9.17, 15) is 18.0 Å². The van der Waals surface area contributed by atoms with Gasteiger partial charge in [0.05, 0.1) is 17.9 Å². The fraction of sp³-hybridized carbons (Fsp3) is 0.409. The number of nitrogens with zero attached hydrogens (tertiary/aromatic N) is 3. The summed E-state index contributed by atoms with van der Waals surface area (Å²) in [6, 6.07) is 3.51. The molecule has 1 amide bonds. The van der Waals surface area contributed by atoms with Gasteiger partial charge in [0.2, 0.25) is 0 Å². The number of fused-ring (bicyclic) bond motifs is 1. The number of rotatable bonds is 5. The highest BCUT2D eigenvalue weighted by Crippen LogP contribution is 2.27. The number of pyridine rings is 2. The number of alkyl halides is 1. The average Bonchev–Trinajstić information content (AvgIpc) is 3.17. The van der Waals surface area contributed by atoms with Crippen molar-refractivity contribution >= 4 is 17.4 Å². The molecule has 0 bridgehead atoms. The molecule has 5 rings (SSSR count). The first kappa shape index (κ1) is 20.7. The number of hydrogen-bond acceptors (Lipinski definition) is 5. The van der Waals surface area contributed by atoms with Crippen LogP contribution in [0.4, 0.5) is 19.0 Å². The highest BCUT2D eigenvalue weighted by Gasteiger charge is 2.27. The van der Waals surface area contributed by atoms with Crippen molar-refractivity contribution in [2.24, 2.45) is 0 Å². The van der Waals surface area contributed by atoms with Crippen LogP contribution in [0.2, 0.25) is 0 Å². The van der Waals surface area contributed by atoms with Crippen LogP contribution in [-0.4, -0.2) is 51.6 Å². The van der Waals surface area contributed by atoms with Crippen LogP contribution in [-0.2, 0) is 0 Å².